The molecule has 208 valence electrons. The van der Waals surface area contributed by atoms with Crippen molar-refractivity contribution in [2.24, 2.45) is 0 Å². The average molecular weight is 559 g/mol. The van der Waals surface area contributed by atoms with Crippen molar-refractivity contribution in [1.82, 2.24) is 20.2 Å². The molecule has 0 aliphatic rings. The Morgan fingerprint density at radius 3 is 2.62 bits per heavy atom. The minimum Gasteiger partial charge on any atom is -0.497 e. The summed E-state index contributed by atoms with van der Waals surface area (Å²) in [5, 5.41) is 4.87. The minimum absolute atomic E-state index is 0.0397. The number of nitrogens with one attached hydrogen (secondary N) is 2. The number of likely N-dealkylation sites (N-methyl/N-ethyl adjacent to an activating group) is 1. The van der Waals surface area contributed by atoms with E-state index in [0.717, 1.165) is 51.0 Å². The Bertz CT molecular complexity index is 1510. The maximum atomic E-state index is 11.6. The third-order valence-corrected chi connectivity index (χ3v) is 6.88. The highest BCUT2D eigenvalue weighted by atomic mass is 35.5. The van der Waals surface area contributed by atoms with Gasteiger partial charge in [-0.2, -0.15) is 0 Å². The second kappa shape index (κ2) is 13.8. The number of nitrogens with zero attached hydrogens (tertiary/aromatic N) is 2. The Kier molecular flexibility index (Phi) is 10.00. The first-order valence-electron chi connectivity index (χ1n) is 13.2. The van der Waals surface area contributed by atoms with E-state index in [1.165, 1.54) is 4.90 Å². The Hall–Kier alpha value is -4.07. The van der Waals surface area contributed by atoms with Gasteiger partial charge in [-0.15, -0.1) is 0 Å². The molecule has 0 unspecified atom stereocenters. The van der Waals surface area contributed by atoms with Crippen LogP contribution in [0.3, 0.4) is 0 Å². The van der Waals surface area contributed by atoms with Gasteiger partial charge in [0.15, 0.2) is 0 Å². The highest BCUT2D eigenvalue weighted by Crippen LogP contribution is 2.40. The Balaban J connectivity index is 1.58. The number of fused-ring (bicyclic) bond motifs is 1. The number of ether oxygens (including phenoxy) is 2. The lowest BCUT2D eigenvalue weighted by molar-refractivity contribution is -0.123. The van der Waals surface area contributed by atoms with E-state index >= 15 is 0 Å². The number of benzene rings is 2. The molecular weight excluding hydrogens is 524 g/mol. The van der Waals surface area contributed by atoms with Crippen molar-refractivity contribution in [3.63, 3.8) is 0 Å². The molecule has 0 fully saturated rings. The lowest BCUT2D eigenvalue weighted by Gasteiger charge is -2.16. The average Bonchev–Trinajstić information content (AvgIpc) is 3.31. The van der Waals surface area contributed by atoms with Gasteiger partial charge in [0.1, 0.15) is 12.4 Å². The zero-order valence-electron chi connectivity index (χ0n) is 23.3. The minimum atomic E-state index is -0.0397. The van der Waals surface area contributed by atoms with Crippen LogP contribution in [-0.2, 0) is 4.79 Å². The molecule has 2 aromatic heterocycles. The fourth-order valence-corrected chi connectivity index (χ4v) is 4.73. The summed E-state index contributed by atoms with van der Waals surface area (Å²) in [5.41, 5.74) is 5.91. The van der Waals surface area contributed by atoms with Gasteiger partial charge in [0, 0.05) is 67.6 Å². The maximum Gasteiger partial charge on any atom is 0.245 e. The number of aromatic nitrogens is 2. The summed E-state index contributed by atoms with van der Waals surface area (Å²) in [5.74, 6) is 1.29. The lowest BCUT2D eigenvalue weighted by Crippen LogP contribution is -2.22. The number of pyridine rings is 1. The van der Waals surface area contributed by atoms with Crippen molar-refractivity contribution in [2.75, 3.05) is 40.9 Å². The first kappa shape index (κ1) is 28.9. The predicted molar refractivity (Wildman–Crippen MR) is 163 cm³/mol. The SMILES string of the molecule is CC/C(=C(/c1ccc(OCCNC/C=C/C(=O)N(C)C)nc1)c1[nH]c2ccccc2c1Cl)c1cccc(OC)c1. The fourth-order valence-electron chi connectivity index (χ4n) is 4.42. The molecule has 4 aromatic rings. The largest absolute Gasteiger partial charge is 0.497 e. The van der Waals surface area contributed by atoms with Crippen molar-refractivity contribution >= 4 is 39.6 Å². The number of hydrogen-bond acceptors (Lipinski definition) is 5. The molecule has 4 rings (SSSR count). The van der Waals surface area contributed by atoms with Crippen LogP contribution in [0.2, 0.25) is 5.02 Å². The molecule has 40 heavy (non-hydrogen) atoms. The molecule has 0 saturated carbocycles. The molecule has 0 spiro atoms. The van der Waals surface area contributed by atoms with Crippen LogP contribution in [0.25, 0.3) is 22.0 Å². The molecule has 0 aliphatic carbocycles. The van der Waals surface area contributed by atoms with Crippen molar-refractivity contribution < 1.29 is 14.3 Å². The monoisotopic (exact) mass is 558 g/mol. The van der Waals surface area contributed by atoms with Gasteiger partial charge in [-0.1, -0.05) is 54.9 Å². The fraction of sp³-hybridized carbons (Fsp3) is 0.250. The Morgan fingerprint density at radius 2 is 1.93 bits per heavy atom. The number of methoxy groups -OCH3 is 1. The molecule has 0 aliphatic heterocycles. The standard InChI is InChI=1S/C32H35ClN4O3/c1-5-25(22-10-8-11-24(20-22)39-4)30(32-31(33)26-12-6-7-13-27(26)36-32)23-15-16-28(35-21-23)40-19-18-34-17-9-14-29(38)37(2)3/h6-16,20-21,34,36H,5,17-19H2,1-4H3/b14-9+,30-25+. The first-order valence-corrected chi connectivity index (χ1v) is 13.6. The number of H-pyrrole nitrogens is 1. The van der Waals surface area contributed by atoms with E-state index in [1.54, 1.807) is 33.4 Å². The van der Waals surface area contributed by atoms with Crippen LogP contribution in [0.15, 0.2) is 79.0 Å². The van der Waals surface area contributed by atoms with E-state index in [9.17, 15) is 4.79 Å². The highest BCUT2D eigenvalue weighted by Gasteiger charge is 2.20. The maximum absolute atomic E-state index is 11.6. The Morgan fingerprint density at radius 1 is 1.10 bits per heavy atom. The highest BCUT2D eigenvalue weighted by molar-refractivity contribution is 6.38. The summed E-state index contributed by atoms with van der Waals surface area (Å²) in [6.07, 6.45) is 5.94. The van der Waals surface area contributed by atoms with Crippen LogP contribution in [0.1, 0.15) is 30.2 Å². The van der Waals surface area contributed by atoms with Gasteiger partial charge in [0.25, 0.3) is 0 Å². The van der Waals surface area contributed by atoms with Crippen molar-refractivity contribution in [3.05, 3.63) is 101 Å². The summed E-state index contributed by atoms with van der Waals surface area (Å²) in [6.45, 7) is 3.78. The van der Waals surface area contributed by atoms with Gasteiger partial charge in [0.2, 0.25) is 11.8 Å². The molecule has 0 saturated heterocycles. The van der Waals surface area contributed by atoms with E-state index in [0.29, 0.717) is 30.6 Å². The molecule has 0 atom stereocenters. The molecule has 2 heterocycles. The van der Waals surface area contributed by atoms with Gasteiger partial charge in [-0.25, -0.2) is 4.98 Å². The summed E-state index contributed by atoms with van der Waals surface area (Å²) in [7, 11) is 5.12. The van der Waals surface area contributed by atoms with E-state index in [2.05, 4.69) is 28.3 Å². The number of halogens is 1. The van der Waals surface area contributed by atoms with Crippen LogP contribution in [0.5, 0.6) is 11.6 Å². The third kappa shape index (κ3) is 6.92. The number of hydrogen-bond donors (Lipinski definition) is 2. The van der Waals surface area contributed by atoms with Crippen LogP contribution < -0.4 is 14.8 Å². The first-order chi connectivity index (χ1) is 19.4. The van der Waals surface area contributed by atoms with Crippen molar-refractivity contribution in [1.29, 1.82) is 0 Å². The predicted octanol–water partition coefficient (Wildman–Crippen LogP) is 6.21. The quantitative estimate of drug-likeness (QED) is 0.160. The van der Waals surface area contributed by atoms with E-state index in [-0.39, 0.29) is 5.91 Å². The number of carbonyl (C=O) groups excluding carboxylic acids is 1. The van der Waals surface area contributed by atoms with E-state index < -0.39 is 0 Å². The van der Waals surface area contributed by atoms with E-state index in [1.807, 2.05) is 60.8 Å². The van der Waals surface area contributed by atoms with Gasteiger partial charge >= 0.3 is 0 Å². The summed E-state index contributed by atoms with van der Waals surface area (Å²) in [4.78, 5) is 21.3. The summed E-state index contributed by atoms with van der Waals surface area (Å²) in [6, 6.07) is 20.0. The van der Waals surface area contributed by atoms with Gasteiger partial charge in [-0.05, 0) is 41.8 Å². The van der Waals surface area contributed by atoms with Crippen LogP contribution >= 0.6 is 11.6 Å². The van der Waals surface area contributed by atoms with Crippen molar-refractivity contribution in [2.45, 2.75) is 13.3 Å². The number of carbonyl (C=O) groups is 1. The van der Waals surface area contributed by atoms with E-state index in [4.69, 9.17) is 21.1 Å². The smallest absolute Gasteiger partial charge is 0.245 e. The lowest BCUT2D eigenvalue weighted by atomic mass is 9.91. The molecule has 2 N–H and O–H groups in total. The number of para-hydroxylation sites is 1. The second-order valence-corrected chi connectivity index (χ2v) is 9.75. The number of allylic oxidation sites excluding steroid dienone is 1. The zero-order chi connectivity index (χ0) is 28.5. The number of amides is 1. The topological polar surface area (TPSA) is 79.5 Å². The summed E-state index contributed by atoms with van der Waals surface area (Å²) < 4.78 is 11.4. The van der Waals surface area contributed by atoms with Gasteiger partial charge in [0.05, 0.1) is 17.8 Å². The normalized spacial score (nSPS) is 12.0. The van der Waals surface area contributed by atoms with Crippen LogP contribution in [0.4, 0.5) is 0 Å². The zero-order valence-corrected chi connectivity index (χ0v) is 24.1. The Labute approximate surface area is 240 Å². The number of aromatic amines is 1. The molecule has 8 heteroatoms. The van der Waals surface area contributed by atoms with Crippen molar-refractivity contribution in [3.8, 4) is 11.6 Å². The third-order valence-electron chi connectivity index (χ3n) is 6.48. The van der Waals surface area contributed by atoms with Crippen LogP contribution in [-0.4, -0.2) is 61.7 Å². The molecule has 0 radical (unpaired) electrons. The molecular formula is C32H35ClN4O3. The van der Waals surface area contributed by atoms with Gasteiger partial charge < -0.3 is 24.7 Å². The van der Waals surface area contributed by atoms with Gasteiger partial charge in [-0.3, -0.25) is 4.79 Å². The number of rotatable bonds is 12. The molecule has 0 bridgehead atoms. The second-order valence-electron chi connectivity index (χ2n) is 9.37. The molecule has 1 amide bonds. The van der Waals surface area contributed by atoms with Crippen LogP contribution in [0, 0.1) is 0 Å². The molecule has 2 aromatic carbocycles. The summed E-state index contributed by atoms with van der Waals surface area (Å²) >= 11 is 6.97. The molecule has 7 nitrogen and oxygen atoms in total.